The van der Waals surface area contributed by atoms with E-state index >= 15 is 0 Å². The Kier molecular flexibility index (Phi) is 5.77. The van der Waals surface area contributed by atoms with E-state index in [0.717, 1.165) is 30.4 Å². The van der Waals surface area contributed by atoms with E-state index in [9.17, 15) is 14.7 Å². The predicted octanol–water partition coefficient (Wildman–Crippen LogP) is 2.17. The minimum absolute atomic E-state index is 0.0823. The molecule has 2 N–H and O–H groups in total. The molecule has 0 radical (unpaired) electrons. The van der Waals surface area contributed by atoms with Gasteiger partial charge in [0.2, 0.25) is 5.91 Å². The summed E-state index contributed by atoms with van der Waals surface area (Å²) < 4.78 is 5.16. The first-order valence-electron chi connectivity index (χ1n) is 8.02. The van der Waals surface area contributed by atoms with E-state index in [1.54, 1.807) is 7.11 Å². The smallest absolute Gasteiger partial charge is 0.308 e. The number of methoxy groups -OCH3 is 1. The minimum atomic E-state index is -0.888. The zero-order chi connectivity index (χ0) is 16.9. The second-order valence-electron chi connectivity index (χ2n) is 6.51. The Morgan fingerprint density at radius 2 is 2.13 bits per heavy atom. The molecule has 1 aromatic rings. The van der Waals surface area contributed by atoms with Crippen LogP contribution in [-0.4, -0.2) is 37.2 Å². The number of carboxylic acids is 1. The zero-order valence-electron chi connectivity index (χ0n) is 13.8. The third-order valence-electron chi connectivity index (χ3n) is 4.64. The maximum absolute atomic E-state index is 12.4. The first kappa shape index (κ1) is 17.5. The molecule has 1 fully saturated rings. The lowest BCUT2D eigenvalue weighted by atomic mass is 9.68. The van der Waals surface area contributed by atoms with Gasteiger partial charge in [-0.15, -0.1) is 0 Å². The van der Waals surface area contributed by atoms with Gasteiger partial charge < -0.3 is 15.2 Å². The van der Waals surface area contributed by atoms with Crippen molar-refractivity contribution < 1.29 is 19.4 Å². The van der Waals surface area contributed by atoms with Gasteiger partial charge in [-0.2, -0.15) is 0 Å². The fourth-order valence-electron chi connectivity index (χ4n) is 3.09. The second-order valence-corrected chi connectivity index (χ2v) is 6.51. The van der Waals surface area contributed by atoms with E-state index in [-0.39, 0.29) is 12.5 Å². The number of ether oxygens (including phenoxy) is 1. The summed E-state index contributed by atoms with van der Waals surface area (Å²) in [6.07, 6.45) is 3.04. The van der Waals surface area contributed by atoms with Crippen LogP contribution in [0.2, 0.25) is 0 Å². The molecule has 1 aromatic carbocycles. The molecule has 0 saturated heterocycles. The Morgan fingerprint density at radius 3 is 2.65 bits per heavy atom. The van der Waals surface area contributed by atoms with Crippen molar-refractivity contribution in [3.05, 3.63) is 35.4 Å². The highest BCUT2D eigenvalue weighted by Gasteiger charge is 2.44. The quantitative estimate of drug-likeness (QED) is 0.770. The van der Waals surface area contributed by atoms with Crippen LogP contribution in [0, 0.1) is 18.3 Å². The SMILES string of the molecule is COCC1(C(=O)NCC(Cc2cccc(C)c2)C(=O)O)CCC1. The largest absolute Gasteiger partial charge is 0.481 e. The molecule has 1 saturated carbocycles. The van der Waals surface area contributed by atoms with Gasteiger partial charge in [0, 0.05) is 13.7 Å². The van der Waals surface area contributed by atoms with Gasteiger partial charge in [-0.05, 0) is 31.7 Å². The number of rotatable bonds is 8. The van der Waals surface area contributed by atoms with Crippen molar-refractivity contribution in [2.45, 2.75) is 32.6 Å². The number of amides is 1. The van der Waals surface area contributed by atoms with E-state index in [4.69, 9.17) is 4.74 Å². The van der Waals surface area contributed by atoms with Crippen LogP contribution in [0.5, 0.6) is 0 Å². The predicted molar refractivity (Wildman–Crippen MR) is 87.2 cm³/mol. The molecule has 1 atom stereocenters. The maximum atomic E-state index is 12.4. The van der Waals surface area contributed by atoms with Crippen molar-refractivity contribution in [3.8, 4) is 0 Å². The molecule has 126 valence electrons. The summed E-state index contributed by atoms with van der Waals surface area (Å²) in [5, 5.41) is 12.2. The van der Waals surface area contributed by atoms with E-state index in [1.165, 1.54) is 0 Å². The van der Waals surface area contributed by atoms with Gasteiger partial charge in [0.1, 0.15) is 0 Å². The molecule has 0 bridgehead atoms. The van der Waals surface area contributed by atoms with Crippen LogP contribution in [0.15, 0.2) is 24.3 Å². The van der Waals surface area contributed by atoms with Crippen LogP contribution >= 0.6 is 0 Å². The van der Waals surface area contributed by atoms with Crippen molar-refractivity contribution >= 4 is 11.9 Å². The van der Waals surface area contributed by atoms with Crippen molar-refractivity contribution in [2.75, 3.05) is 20.3 Å². The van der Waals surface area contributed by atoms with Gasteiger partial charge in [-0.25, -0.2) is 0 Å². The average Bonchev–Trinajstić information content (AvgIpc) is 2.46. The fraction of sp³-hybridized carbons (Fsp3) is 0.556. The van der Waals surface area contributed by atoms with E-state index in [2.05, 4.69) is 5.32 Å². The number of benzene rings is 1. The number of carbonyl (C=O) groups is 2. The average molecular weight is 319 g/mol. The Hall–Kier alpha value is -1.88. The highest BCUT2D eigenvalue weighted by atomic mass is 16.5. The van der Waals surface area contributed by atoms with Gasteiger partial charge >= 0.3 is 5.97 Å². The molecule has 5 heteroatoms. The third-order valence-corrected chi connectivity index (χ3v) is 4.64. The summed E-state index contributed by atoms with van der Waals surface area (Å²) >= 11 is 0. The molecule has 0 aromatic heterocycles. The number of hydrogen-bond acceptors (Lipinski definition) is 3. The standard InChI is InChI=1S/C18H25NO4/c1-13-5-3-6-14(9-13)10-15(16(20)21)11-19-17(22)18(12-23-2)7-4-8-18/h3,5-6,9,15H,4,7-8,10-12H2,1-2H3,(H,19,22)(H,20,21). The maximum Gasteiger partial charge on any atom is 0.308 e. The summed E-state index contributed by atoms with van der Waals surface area (Å²) in [7, 11) is 1.59. The number of aryl methyl sites for hydroxylation is 1. The number of hydrogen-bond donors (Lipinski definition) is 2. The normalized spacial score (nSPS) is 17.1. The highest BCUT2D eigenvalue weighted by molar-refractivity contribution is 5.84. The Bertz CT molecular complexity index is 566. The first-order valence-corrected chi connectivity index (χ1v) is 8.02. The summed E-state index contributed by atoms with van der Waals surface area (Å²) in [4.78, 5) is 23.9. The van der Waals surface area contributed by atoms with Crippen molar-refractivity contribution in [2.24, 2.45) is 11.3 Å². The molecule has 2 rings (SSSR count). The molecular formula is C18H25NO4. The number of carbonyl (C=O) groups excluding carboxylic acids is 1. The molecule has 1 amide bonds. The summed E-state index contributed by atoms with van der Waals surface area (Å²) in [6, 6.07) is 7.80. The van der Waals surface area contributed by atoms with Crippen LogP contribution in [-0.2, 0) is 20.7 Å². The minimum Gasteiger partial charge on any atom is -0.481 e. The van der Waals surface area contributed by atoms with E-state index in [0.29, 0.717) is 13.0 Å². The summed E-state index contributed by atoms with van der Waals surface area (Å²) in [6.45, 7) is 2.52. The monoisotopic (exact) mass is 319 g/mol. The van der Waals surface area contributed by atoms with Crippen LogP contribution < -0.4 is 5.32 Å². The molecule has 0 heterocycles. The van der Waals surface area contributed by atoms with Gasteiger partial charge in [0.25, 0.3) is 0 Å². The molecule has 5 nitrogen and oxygen atoms in total. The highest BCUT2D eigenvalue weighted by Crippen LogP contribution is 2.41. The Labute approximate surface area is 137 Å². The van der Waals surface area contributed by atoms with Crippen molar-refractivity contribution in [1.29, 1.82) is 0 Å². The first-order chi connectivity index (χ1) is 11.0. The molecule has 1 unspecified atom stereocenters. The number of nitrogens with one attached hydrogen (secondary N) is 1. The zero-order valence-corrected chi connectivity index (χ0v) is 13.8. The molecule has 23 heavy (non-hydrogen) atoms. The number of carboxylic acid groups (broad SMARTS) is 1. The summed E-state index contributed by atoms with van der Waals surface area (Å²) in [5.74, 6) is -1.59. The second kappa shape index (κ2) is 7.59. The molecule has 1 aliphatic rings. The number of aliphatic carboxylic acids is 1. The summed E-state index contributed by atoms with van der Waals surface area (Å²) in [5.41, 5.74) is 1.62. The van der Waals surface area contributed by atoms with Gasteiger partial charge in [0.05, 0.1) is 17.9 Å². The molecule has 1 aliphatic carbocycles. The van der Waals surface area contributed by atoms with E-state index < -0.39 is 17.3 Å². The fourth-order valence-corrected chi connectivity index (χ4v) is 3.09. The lowest BCUT2D eigenvalue weighted by Crippen LogP contribution is -2.50. The van der Waals surface area contributed by atoms with Crippen LogP contribution in [0.1, 0.15) is 30.4 Å². The third kappa shape index (κ3) is 4.32. The Morgan fingerprint density at radius 1 is 1.39 bits per heavy atom. The van der Waals surface area contributed by atoms with Crippen molar-refractivity contribution in [1.82, 2.24) is 5.32 Å². The lowest BCUT2D eigenvalue weighted by Gasteiger charge is -2.39. The van der Waals surface area contributed by atoms with Crippen LogP contribution in [0.3, 0.4) is 0 Å². The van der Waals surface area contributed by atoms with Crippen LogP contribution in [0.25, 0.3) is 0 Å². The van der Waals surface area contributed by atoms with E-state index in [1.807, 2.05) is 31.2 Å². The van der Waals surface area contributed by atoms with Gasteiger partial charge in [0.15, 0.2) is 0 Å². The Balaban J connectivity index is 1.94. The topological polar surface area (TPSA) is 75.6 Å². The molecule has 0 aliphatic heterocycles. The lowest BCUT2D eigenvalue weighted by molar-refractivity contribution is -0.143. The van der Waals surface area contributed by atoms with Crippen molar-refractivity contribution in [3.63, 3.8) is 0 Å². The van der Waals surface area contributed by atoms with Gasteiger partial charge in [-0.1, -0.05) is 36.2 Å². The molecular weight excluding hydrogens is 294 g/mol. The van der Waals surface area contributed by atoms with Crippen LogP contribution in [0.4, 0.5) is 0 Å². The van der Waals surface area contributed by atoms with Gasteiger partial charge in [-0.3, -0.25) is 9.59 Å². The molecule has 0 spiro atoms.